The molecule has 0 aliphatic carbocycles. The first-order valence-corrected chi connectivity index (χ1v) is 6.44. The number of fused-ring (bicyclic) bond motifs is 1. The van der Waals surface area contributed by atoms with Gasteiger partial charge in [-0.25, -0.2) is 0 Å². The third-order valence-electron chi connectivity index (χ3n) is 3.06. The van der Waals surface area contributed by atoms with Crippen LogP contribution in [0.3, 0.4) is 0 Å². The van der Waals surface area contributed by atoms with E-state index < -0.39 is 4.92 Å². The molecule has 0 saturated heterocycles. The van der Waals surface area contributed by atoms with Crippen LogP contribution in [0, 0.1) is 10.1 Å². The van der Waals surface area contributed by atoms with Gasteiger partial charge in [-0.15, -0.1) is 0 Å². The Morgan fingerprint density at radius 3 is 2.89 bits per heavy atom. The Morgan fingerprint density at radius 2 is 2.22 bits per heavy atom. The SMILES string of the molecule is O=C1c2cc([N+](=O)[O-])ccc2CCN1CCCS. The average molecular weight is 266 g/mol. The van der Waals surface area contributed by atoms with Crippen LogP contribution in [-0.4, -0.2) is 34.6 Å². The van der Waals surface area contributed by atoms with Gasteiger partial charge in [-0.1, -0.05) is 6.07 Å². The summed E-state index contributed by atoms with van der Waals surface area (Å²) in [6, 6.07) is 4.52. The van der Waals surface area contributed by atoms with Crippen LogP contribution in [0.4, 0.5) is 5.69 Å². The zero-order valence-corrected chi connectivity index (χ0v) is 10.7. The first kappa shape index (κ1) is 12.9. The molecule has 1 aromatic carbocycles. The zero-order chi connectivity index (χ0) is 13.1. The number of carbonyl (C=O) groups excluding carboxylic acids is 1. The number of carbonyl (C=O) groups is 1. The van der Waals surface area contributed by atoms with E-state index in [4.69, 9.17) is 0 Å². The lowest BCUT2D eigenvalue weighted by atomic mass is 9.98. The van der Waals surface area contributed by atoms with Crippen molar-refractivity contribution in [3.05, 3.63) is 39.4 Å². The normalized spacial score (nSPS) is 14.5. The molecular weight excluding hydrogens is 252 g/mol. The predicted molar refractivity (Wildman–Crippen MR) is 71.2 cm³/mol. The standard InChI is InChI=1S/C12H14N2O3S/c15-12-11-8-10(14(16)17)3-2-9(11)4-6-13(12)5-1-7-18/h2-3,8,18H,1,4-7H2. The van der Waals surface area contributed by atoms with E-state index in [1.807, 2.05) is 0 Å². The van der Waals surface area contributed by atoms with Gasteiger partial charge >= 0.3 is 0 Å². The molecule has 0 unspecified atom stereocenters. The summed E-state index contributed by atoms with van der Waals surface area (Å²) in [7, 11) is 0. The molecule has 0 bridgehead atoms. The number of nitro benzene ring substituents is 1. The summed E-state index contributed by atoms with van der Waals surface area (Å²) < 4.78 is 0. The van der Waals surface area contributed by atoms with Gasteiger partial charge in [0.1, 0.15) is 0 Å². The molecule has 1 heterocycles. The van der Waals surface area contributed by atoms with Crippen LogP contribution in [0.15, 0.2) is 18.2 Å². The number of amides is 1. The molecule has 5 nitrogen and oxygen atoms in total. The van der Waals surface area contributed by atoms with Crippen LogP contribution in [0.2, 0.25) is 0 Å². The Labute approximate surface area is 110 Å². The number of nitrogens with zero attached hydrogens (tertiary/aromatic N) is 2. The first-order chi connectivity index (χ1) is 8.63. The van der Waals surface area contributed by atoms with E-state index in [1.54, 1.807) is 11.0 Å². The Morgan fingerprint density at radius 1 is 1.44 bits per heavy atom. The summed E-state index contributed by atoms with van der Waals surface area (Å²) >= 11 is 4.12. The van der Waals surface area contributed by atoms with Gasteiger partial charge in [0.25, 0.3) is 11.6 Å². The van der Waals surface area contributed by atoms with Crippen LogP contribution in [0.25, 0.3) is 0 Å². The summed E-state index contributed by atoms with van der Waals surface area (Å²) in [6.07, 6.45) is 1.59. The number of nitro groups is 1. The number of non-ortho nitro benzene ring substituents is 1. The van der Waals surface area contributed by atoms with Crippen molar-refractivity contribution >= 4 is 24.2 Å². The lowest BCUT2D eigenvalue weighted by Gasteiger charge is -2.28. The van der Waals surface area contributed by atoms with Gasteiger partial charge in [-0.05, 0) is 24.2 Å². The molecule has 1 amide bonds. The van der Waals surface area contributed by atoms with Crippen LogP contribution < -0.4 is 0 Å². The summed E-state index contributed by atoms with van der Waals surface area (Å²) in [5.74, 6) is 0.618. The quantitative estimate of drug-likeness (QED) is 0.514. The number of hydrogen-bond donors (Lipinski definition) is 1. The van der Waals surface area contributed by atoms with E-state index in [-0.39, 0.29) is 11.6 Å². The maximum atomic E-state index is 12.2. The van der Waals surface area contributed by atoms with Crippen molar-refractivity contribution in [1.29, 1.82) is 0 Å². The highest BCUT2D eigenvalue weighted by Crippen LogP contribution is 2.23. The van der Waals surface area contributed by atoms with Gasteiger partial charge in [0.05, 0.1) is 4.92 Å². The van der Waals surface area contributed by atoms with E-state index in [2.05, 4.69) is 12.6 Å². The van der Waals surface area contributed by atoms with Crippen molar-refractivity contribution in [3.63, 3.8) is 0 Å². The smallest absolute Gasteiger partial charge is 0.270 e. The van der Waals surface area contributed by atoms with Crippen molar-refractivity contribution in [3.8, 4) is 0 Å². The van der Waals surface area contributed by atoms with Crippen molar-refractivity contribution < 1.29 is 9.72 Å². The molecule has 0 fully saturated rings. The minimum atomic E-state index is -0.472. The van der Waals surface area contributed by atoms with Gasteiger partial charge in [0.2, 0.25) is 0 Å². The van der Waals surface area contributed by atoms with E-state index >= 15 is 0 Å². The maximum Gasteiger partial charge on any atom is 0.270 e. The second-order valence-electron chi connectivity index (χ2n) is 4.22. The maximum absolute atomic E-state index is 12.2. The second-order valence-corrected chi connectivity index (χ2v) is 4.67. The minimum absolute atomic E-state index is 0.0295. The summed E-state index contributed by atoms with van der Waals surface area (Å²) in [5.41, 5.74) is 1.33. The molecule has 1 aliphatic heterocycles. The molecule has 0 N–H and O–H groups in total. The van der Waals surface area contributed by atoms with E-state index in [1.165, 1.54) is 12.1 Å². The Bertz CT molecular complexity index is 490. The molecule has 96 valence electrons. The average Bonchev–Trinajstić information content (AvgIpc) is 2.37. The lowest BCUT2D eigenvalue weighted by molar-refractivity contribution is -0.384. The van der Waals surface area contributed by atoms with Crippen molar-refractivity contribution in [2.45, 2.75) is 12.8 Å². The van der Waals surface area contributed by atoms with Crippen LogP contribution in [0.1, 0.15) is 22.3 Å². The number of rotatable bonds is 4. The summed E-state index contributed by atoms with van der Waals surface area (Å²) in [4.78, 5) is 24.2. The topological polar surface area (TPSA) is 63.4 Å². The molecule has 6 heteroatoms. The van der Waals surface area contributed by atoms with E-state index in [9.17, 15) is 14.9 Å². The fraction of sp³-hybridized carbons (Fsp3) is 0.417. The Hall–Kier alpha value is -1.56. The number of thiol groups is 1. The van der Waals surface area contributed by atoms with Gasteiger partial charge < -0.3 is 4.90 Å². The van der Waals surface area contributed by atoms with E-state index in [0.29, 0.717) is 18.7 Å². The first-order valence-electron chi connectivity index (χ1n) is 5.81. The number of benzene rings is 1. The predicted octanol–water partition coefficient (Wildman–Crippen LogP) is 1.91. The molecule has 2 rings (SSSR count). The largest absolute Gasteiger partial charge is 0.338 e. The van der Waals surface area contributed by atoms with Crippen LogP contribution >= 0.6 is 12.6 Å². The molecule has 0 aromatic heterocycles. The highest BCUT2D eigenvalue weighted by molar-refractivity contribution is 7.80. The third-order valence-corrected chi connectivity index (χ3v) is 3.38. The molecule has 18 heavy (non-hydrogen) atoms. The van der Waals surface area contributed by atoms with Gasteiger partial charge in [-0.3, -0.25) is 14.9 Å². The van der Waals surface area contributed by atoms with Crippen LogP contribution in [0.5, 0.6) is 0 Å². The van der Waals surface area contributed by atoms with E-state index in [0.717, 1.165) is 24.2 Å². The van der Waals surface area contributed by atoms with Gasteiger partial charge in [-0.2, -0.15) is 12.6 Å². The summed E-state index contributed by atoms with van der Waals surface area (Å²) in [6.45, 7) is 1.34. The van der Waals surface area contributed by atoms with Gasteiger partial charge in [0, 0.05) is 30.8 Å². The summed E-state index contributed by atoms with van der Waals surface area (Å²) in [5, 5.41) is 10.7. The van der Waals surface area contributed by atoms with Crippen molar-refractivity contribution in [2.24, 2.45) is 0 Å². The molecular formula is C12H14N2O3S. The lowest BCUT2D eigenvalue weighted by Crippen LogP contribution is -2.38. The van der Waals surface area contributed by atoms with Crippen molar-refractivity contribution in [1.82, 2.24) is 4.90 Å². The molecule has 0 spiro atoms. The minimum Gasteiger partial charge on any atom is -0.338 e. The molecule has 1 aromatic rings. The zero-order valence-electron chi connectivity index (χ0n) is 9.83. The highest BCUT2D eigenvalue weighted by Gasteiger charge is 2.25. The molecule has 1 aliphatic rings. The second kappa shape index (κ2) is 5.39. The fourth-order valence-corrected chi connectivity index (χ4v) is 2.24. The highest BCUT2D eigenvalue weighted by atomic mass is 32.1. The molecule has 0 atom stereocenters. The van der Waals surface area contributed by atoms with Crippen LogP contribution in [-0.2, 0) is 6.42 Å². The van der Waals surface area contributed by atoms with Gasteiger partial charge in [0.15, 0.2) is 0 Å². The molecule has 0 saturated carbocycles. The number of hydrogen-bond acceptors (Lipinski definition) is 4. The third kappa shape index (κ3) is 2.48. The fourth-order valence-electron chi connectivity index (χ4n) is 2.10. The monoisotopic (exact) mass is 266 g/mol. The van der Waals surface area contributed by atoms with Crippen molar-refractivity contribution in [2.75, 3.05) is 18.8 Å². The Kier molecular flexibility index (Phi) is 3.86. The Balaban J connectivity index is 2.26. The molecule has 0 radical (unpaired) electrons.